The van der Waals surface area contributed by atoms with Gasteiger partial charge >= 0.3 is 0 Å². The summed E-state index contributed by atoms with van der Waals surface area (Å²) < 4.78 is 10.3. The zero-order valence-electron chi connectivity index (χ0n) is 10.9. The van der Waals surface area contributed by atoms with Crippen molar-refractivity contribution < 1.29 is 14.1 Å². The summed E-state index contributed by atoms with van der Waals surface area (Å²) in [7, 11) is 1.69. The summed E-state index contributed by atoms with van der Waals surface area (Å²) in [6, 6.07) is 5.30. The Kier molecular flexibility index (Phi) is 4.12. The Labute approximate surface area is 111 Å². The van der Waals surface area contributed by atoms with Crippen LogP contribution < -0.4 is 4.74 Å². The number of hydrogen-bond acceptors (Lipinski definition) is 5. The van der Waals surface area contributed by atoms with Crippen molar-refractivity contribution in [1.82, 2.24) is 15.0 Å². The molecule has 100 valence electrons. The fourth-order valence-electron chi connectivity index (χ4n) is 1.51. The van der Waals surface area contributed by atoms with Gasteiger partial charge in [-0.1, -0.05) is 5.16 Å². The van der Waals surface area contributed by atoms with Crippen molar-refractivity contribution in [1.29, 1.82) is 0 Å². The van der Waals surface area contributed by atoms with Gasteiger partial charge in [0, 0.05) is 19.3 Å². The second-order valence-electron chi connectivity index (χ2n) is 4.16. The maximum absolute atomic E-state index is 11.8. The normalized spacial score (nSPS) is 10.2. The lowest BCUT2D eigenvalue weighted by Crippen LogP contribution is -2.31. The number of aromatic nitrogens is 2. The lowest BCUT2D eigenvalue weighted by Gasteiger charge is -2.15. The minimum Gasteiger partial charge on any atom is -0.482 e. The van der Waals surface area contributed by atoms with Gasteiger partial charge in [0.05, 0.1) is 12.7 Å². The van der Waals surface area contributed by atoms with Crippen molar-refractivity contribution in [3.8, 4) is 5.75 Å². The number of likely N-dealkylation sites (N-methyl/N-ethyl adjacent to an activating group) is 1. The van der Waals surface area contributed by atoms with E-state index in [0.717, 1.165) is 11.5 Å². The van der Waals surface area contributed by atoms with Crippen LogP contribution in [0.25, 0.3) is 0 Å². The molecule has 19 heavy (non-hydrogen) atoms. The van der Waals surface area contributed by atoms with Gasteiger partial charge in [0.2, 0.25) is 0 Å². The molecule has 0 N–H and O–H groups in total. The number of amides is 1. The molecule has 2 aromatic heterocycles. The Morgan fingerprint density at radius 3 is 3.00 bits per heavy atom. The van der Waals surface area contributed by atoms with Gasteiger partial charge in [-0.05, 0) is 19.1 Å². The number of pyridine rings is 1. The molecule has 0 radical (unpaired) electrons. The molecule has 1 amide bonds. The molecule has 2 rings (SSSR count). The SMILES string of the molecule is Cc1cc(CN(C)C(=O)COc2cccnc2)no1. The standard InChI is InChI=1S/C13H15N3O3/c1-10-6-11(15-19-10)8-16(2)13(17)9-18-12-4-3-5-14-7-12/h3-7H,8-9H2,1-2H3. The van der Waals surface area contributed by atoms with Crippen LogP contribution in [-0.2, 0) is 11.3 Å². The Hall–Kier alpha value is -2.37. The van der Waals surface area contributed by atoms with E-state index in [0.29, 0.717) is 12.3 Å². The summed E-state index contributed by atoms with van der Waals surface area (Å²) in [5, 5.41) is 3.84. The molecule has 0 aliphatic rings. The van der Waals surface area contributed by atoms with Gasteiger partial charge in [-0.3, -0.25) is 9.78 Å². The van der Waals surface area contributed by atoms with Crippen LogP contribution in [0.1, 0.15) is 11.5 Å². The summed E-state index contributed by atoms with van der Waals surface area (Å²) in [4.78, 5) is 17.3. The lowest BCUT2D eigenvalue weighted by molar-refractivity contribution is -0.132. The first kappa shape index (κ1) is 13.1. The van der Waals surface area contributed by atoms with Crippen molar-refractivity contribution >= 4 is 5.91 Å². The Bertz CT molecular complexity index is 539. The number of carbonyl (C=O) groups excluding carboxylic acids is 1. The van der Waals surface area contributed by atoms with Crippen LogP contribution in [0, 0.1) is 6.92 Å². The third-order valence-corrected chi connectivity index (χ3v) is 2.50. The molecular weight excluding hydrogens is 246 g/mol. The summed E-state index contributed by atoms with van der Waals surface area (Å²) in [5.74, 6) is 1.16. The molecule has 0 atom stereocenters. The molecule has 0 aliphatic carbocycles. The van der Waals surface area contributed by atoms with E-state index < -0.39 is 0 Å². The number of aryl methyl sites for hydroxylation is 1. The van der Waals surface area contributed by atoms with Crippen LogP contribution in [0.3, 0.4) is 0 Å². The van der Waals surface area contributed by atoms with E-state index in [-0.39, 0.29) is 12.5 Å². The highest BCUT2D eigenvalue weighted by molar-refractivity contribution is 5.77. The van der Waals surface area contributed by atoms with Crippen molar-refractivity contribution in [2.45, 2.75) is 13.5 Å². The molecule has 0 aromatic carbocycles. The first-order valence-corrected chi connectivity index (χ1v) is 5.84. The zero-order chi connectivity index (χ0) is 13.7. The van der Waals surface area contributed by atoms with Crippen LogP contribution in [0.4, 0.5) is 0 Å². The second kappa shape index (κ2) is 5.99. The molecule has 6 heteroatoms. The van der Waals surface area contributed by atoms with Crippen LogP contribution in [0.15, 0.2) is 35.1 Å². The lowest BCUT2D eigenvalue weighted by atomic mass is 10.3. The number of ether oxygens (including phenoxy) is 1. The smallest absolute Gasteiger partial charge is 0.260 e. The highest BCUT2D eigenvalue weighted by Gasteiger charge is 2.12. The Morgan fingerprint density at radius 2 is 2.37 bits per heavy atom. The quantitative estimate of drug-likeness (QED) is 0.814. The van der Waals surface area contributed by atoms with Crippen molar-refractivity contribution in [3.63, 3.8) is 0 Å². The third-order valence-electron chi connectivity index (χ3n) is 2.50. The molecule has 0 saturated heterocycles. The van der Waals surface area contributed by atoms with Crippen molar-refractivity contribution in [2.24, 2.45) is 0 Å². The van der Waals surface area contributed by atoms with Crippen LogP contribution in [0.5, 0.6) is 5.75 Å². The van der Waals surface area contributed by atoms with Crippen LogP contribution in [-0.4, -0.2) is 34.6 Å². The first-order chi connectivity index (χ1) is 9.15. The number of nitrogens with zero attached hydrogens (tertiary/aromatic N) is 3. The van der Waals surface area contributed by atoms with E-state index in [4.69, 9.17) is 9.26 Å². The molecule has 0 saturated carbocycles. The third kappa shape index (κ3) is 3.80. The number of hydrogen-bond donors (Lipinski definition) is 0. The number of carbonyl (C=O) groups is 1. The van der Waals surface area contributed by atoms with Crippen molar-refractivity contribution in [2.75, 3.05) is 13.7 Å². The molecule has 0 unspecified atom stereocenters. The van der Waals surface area contributed by atoms with Crippen LogP contribution in [0.2, 0.25) is 0 Å². The van der Waals surface area contributed by atoms with Gasteiger partial charge in [0.1, 0.15) is 17.2 Å². The zero-order valence-corrected chi connectivity index (χ0v) is 10.9. The fourth-order valence-corrected chi connectivity index (χ4v) is 1.51. The molecule has 0 spiro atoms. The molecular formula is C13H15N3O3. The molecule has 0 fully saturated rings. The number of rotatable bonds is 5. The molecule has 2 aromatic rings. The minimum absolute atomic E-state index is 0.0287. The average Bonchev–Trinajstić information content (AvgIpc) is 2.82. The van der Waals surface area contributed by atoms with E-state index in [1.807, 2.05) is 6.92 Å². The van der Waals surface area contributed by atoms with Gasteiger partial charge in [0.15, 0.2) is 6.61 Å². The fraction of sp³-hybridized carbons (Fsp3) is 0.308. The maximum atomic E-state index is 11.8. The summed E-state index contributed by atoms with van der Waals surface area (Å²) >= 11 is 0. The summed E-state index contributed by atoms with van der Waals surface area (Å²) in [6.45, 7) is 2.18. The van der Waals surface area contributed by atoms with Gasteiger partial charge in [0.25, 0.3) is 5.91 Å². The first-order valence-electron chi connectivity index (χ1n) is 5.84. The second-order valence-corrected chi connectivity index (χ2v) is 4.16. The van der Waals surface area contributed by atoms with Gasteiger partial charge in [-0.15, -0.1) is 0 Å². The minimum atomic E-state index is -0.135. The summed E-state index contributed by atoms with van der Waals surface area (Å²) in [6.07, 6.45) is 3.21. The van der Waals surface area contributed by atoms with Gasteiger partial charge < -0.3 is 14.2 Å². The van der Waals surface area contributed by atoms with E-state index in [1.165, 1.54) is 4.90 Å². The van der Waals surface area contributed by atoms with E-state index in [2.05, 4.69) is 10.1 Å². The highest BCUT2D eigenvalue weighted by atomic mass is 16.5. The molecule has 2 heterocycles. The molecule has 0 bridgehead atoms. The Balaban J connectivity index is 1.82. The molecule has 0 aliphatic heterocycles. The topological polar surface area (TPSA) is 68.5 Å². The predicted octanol–water partition coefficient (Wildman–Crippen LogP) is 1.42. The van der Waals surface area contributed by atoms with E-state index in [9.17, 15) is 4.79 Å². The molecule has 6 nitrogen and oxygen atoms in total. The average molecular weight is 261 g/mol. The van der Waals surface area contributed by atoms with Crippen molar-refractivity contribution in [3.05, 3.63) is 42.0 Å². The van der Waals surface area contributed by atoms with Gasteiger partial charge in [-0.2, -0.15) is 0 Å². The Morgan fingerprint density at radius 1 is 1.53 bits per heavy atom. The monoisotopic (exact) mass is 261 g/mol. The predicted molar refractivity (Wildman–Crippen MR) is 67.4 cm³/mol. The summed E-state index contributed by atoms with van der Waals surface area (Å²) in [5.41, 5.74) is 0.717. The largest absolute Gasteiger partial charge is 0.482 e. The van der Waals surface area contributed by atoms with Gasteiger partial charge in [-0.25, -0.2) is 0 Å². The maximum Gasteiger partial charge on any atom is 0.260 e. The highest BCUT2D eigenvalue weighted by Crippen LogP contribution is 2.07. The van der Waals surface area contributed by atoms with E-state index in [1.54, 1.807) is 37.6 Å². The van der Waals surface area contributed by atoms with E-state index >= 15 is 0 Å². The van der Waals surface area contributed by atoms with Crippen LogP contribution >= 0.6 is 0 Å².